The fourth-order valence-electron chi connectivity index (χ4n) is 5.15. The van der Waals surface area contributed by atoms with Crippen molar-refractivity contribution in [3.63, 3.8) is 0 Å². The van der Waals surface area contributed by atoms with Crippen molar-refractivity contribution in [3.05, 3.63) is 82.7 Å². The van der Waals surface area contributed by atoms with Gasteiger partial charge in [-0.1, -0.05) is 75.3 Å². The highest BCUT2D eigenvalue weighted by Crippen LogP contribution is 2.37. The topological polar surface area (TPSA) is 0 Å². The van der Waals surface area contributed by atoms with Gasteiger partial charge in [-0.3, -0.25) is 0 Å². The molecule has 0 spiro atoms. The minimum Gasteiger partial charge on any atom is -0.206 e. The highest BCUT2D eigenvalue weighted by atomic mass is 19.1. The third-order valence-electron chi connectivity index (χ3n) is 7.11. The van der Waals surface area contributed by atoms with E-state index in [9.17, 15) is 4.39 Å². The van der Waals surface area contributed by atoms with Gasteiger partial charge in [0.25, 0.3) is 0 Å². The average molecular weight is 427 g/mol. The van der Waals surface area contributed by atoms with Gasteiger partial charge < -0.3 is 0 Å². The second-order valence-corrected chi connectivity index (χ2v) is 9.46. The Morgan fingerprint density at radius 3 is 2.25 bits per heavy atom. The molecule has 1 aliphatic rings. The van der Waals surface area contributed by atoms with Gasteiger partial charge >= 0.3 is 0 Å². The lowest BCUT2D eigenvalue weighted by molar-refractivity contribution is 0.308. The quantitative estimate of drug-likeness (QED) is 0.345. The Labute approximate surface area is 193 Å². The molecular formula is C31H35F. The van der Waals surface area contributed by atoms with E-state index >= 15 is 0 Å². The first-order valence-electron chi connectivity index (χ1n) is 12.5. The Hall–Kier alpha value is -2.59. The number of unbranched alkanes of at least 4 members (excludes halogenated alkanes) is 1. The number of benzene rings is 3. The van der Waals surface area contributed by atoms with Crippen LogP contribution in [0.1, 0.15) is 93.4 Å². The highest BCUT2D eigenvalue weighted by molar-refractivity contribution is 5.85. The number of halogens is 1. The normalized spacial score (nSPS) is 18.3. The second kappa shape index (κ2) is 10.8. The van der Waals surface area contributed by atoms with Crippen LogP contribution in [-0.2, 0) is 6.42 Å². The van der Waals surface area contributed by atoms with Gasteiger partial charge in [0, 0.05) is 16.5 Å². The van der Waals surface area contributed by atoms with Crippen molar-refractivity contribution in [1.82, 2.24) is 0 Å². The van der Waals surface area contributed by atoms with Crippen LogP contribution in [-0.4, -0.2) is 0 Å². The van der Waals surface area contributed by atoms with Gasteiger partial charge in [0.05, 0.1) is 0 Å². The molecule has 4 rings (SSSR count). The van der Waals surface area contributed by atoms with Crippen molar-refractivity contribution in [2.75, 3.05) is 0 Å². The summed E-state index contributed by atoms with van der Waals surface area (Å²) in [5.41, 5.74) is 4.24. The third-order valence-corrected chi connectivity index (χ3v) is 7.11. The van der Waals surface area contributed by atoms with Crippen molar-refractivity contribution in [1.29, 1.82) is 0 Å². The van der Waals surface area contributed by atoms with Gasteiger partial charge in [-0.2, -0.15) is 0 Å². The van der Waals surface area contributed by atoms with Crippen LogP contribution in [0.5, 0.6) is 0 Å². The first-order valence-corrected chi connectivity index (χ1v) is 12.5. The molecule has 0 atom stereocenters. The first-order chi connectivity index (χ1) is 15.7. The molecular weight excluding hydrogens is 391 g/mol. The zero-order valence-corrected chi connectivity index (χ0v) is 19.6. The van der Waals surface area contributed by atoms with Crippen LogP contribution < -0.4 is 0 Å². The van der Waals surface area contributed by atoms with Crippen LogP contribution in [0.3, 0.4) is 0 Å². The molecule has 0 unspecified atom stereocenters. The number of aryl methyl sites for hydroxylation is 1. The molecule has 32 heavy (non-hydrogen) atoms. The highest BCUT2D eigenvalue weighted by Gasteiger charge is 2.21. The van der Waals surface area contributed by atoms with Crippen LogP contribution in [0.15, 0.2) is 54.6 Å². The Morgan fingerprint density at radius 1 is 0.812 bits per heavy atom. The summed E-state index contributed by atoms with van der Waals surface area (Å²) in [6.45, 7) is 4.43. The van der Waals surface area contributed by atoms with Crippen LogP contribution in [0.25, 0.3) is 10.8 Å². The van der Waals surface area contributed by atoms with E-state index in [4.69, 9.17) is 0 Å². The predicted octanol–water partition coefficient (Wildman–Crippen LogP) is 8.80. The number of fused-ring (bicyclic) bond motifs is 1. The lowest BCUT2D eigenvalue weighted by atomic mass is 9.77. The minimum atomic E-state index is -0.0743. The average Bonchev–Trinajstić information content (AvgIpc) is 2.83. The summed E-state index contributed by atoms with van der Waals surface area (Å²) in [5.74, 6) is 8.14. The molecule has 0 heterocycles. The molecule has 1 saturated carbocycles. The zero-order chi connectivity index (χ0) is 22.3. The molecule has 1 heteroatoms. The fourth-order valence-corrected chi connectivity index (χ4v) is 5.15. The third kappa shape index (κ3) is 5.42. The van der Waals surface area contributed by atoms with E-state index in [1.807, 2.05) is 30.3 Å². The maximum atomic E-state index is 14.8. The SMILES string of the molecule is CCCCc1ccc2cc(C#Cc3ccc(C4CCC(CCC)CC4)cc3)ccc2c1F. The van der Waals surface area contributed by atoms with E-state index in [0.717, 1.165) is 47.3 Å². The van der Waals surface area contributed by atoms with E-state index < -0.39 is 0 Å². The molecule has 0 saturated heterocycles. The molecule has 1 fully saturated rings. The van der Waals surface area contributed by atoms with Crippen molar-refractivity contribution in [3.8, 4) is 11.8 Å². The first kappa shape index (κ1) is 22.6. The summed E-state index contributed by atoms with van der Waals surface area (Å²) in [7, 11) is 0. The smallest absolute Gasteiger partial charge is 0.134 e. The van der Waals surface area contributed by atoms with Gasteiger partial charge in [0.2, 0.25) is 0 Å². The Kier molecular flexibility index (Phi) is 7.64. The summed E-state index contributed by atoms with van der Waals surface area (Å²) in [6.07, 6.45) is 11.0. The van der Waals surface area contributed by atoms with Crippen molar-refractivity contribution in [2.45, 2.75) is 77.6 Å². The standard InChI is InChI=1S/C31H35F/c1-3-5-7-28-19-20-29-22-25(14-21-30(29)31(28)32)9-8-24-12-17-27(18-13-24)26-15-10-23(6-4-2)11-16-26/h12-14,17-23,26H,3-7,10-11,15-16H2,1-2H3. The molecule has 0 amide bonds. The summed E-state index contributed by atoms with van der Waals surface area (Å²) in [4.78, 5) is 0. The molecule has 1 aliphatic carbocycles. The molecule has 3 aromatic rings. The zero-order valence-electron chi connectivity index (χ0n) is 19.6. The largest absolute Gasteiger partial charge is 0.206 e. The Balaban J connectivity index is 1.44. The van der Waals surface area contributed by atoms with Gasteiger partial charge in [-0.05, 0) is 91.1 Å². The monoisotopic (exact) mass is 426 g/mol. The van der Waals surface area contributed by atoms with E-state index in [1.165, 1.54) is 44.1 Å². The molecule has 0 nitrogen and oxygen atoms in total. The predicted molar refractivity (Wildman–Crippen MR) is 135 cm³/mol. The summed E-state index contributed by atoms with van der Waals surface area (Å²) < 4.78 is 14.8. The number of hydrogen-bond acceptors (Lipinski definition) is 0. The van der Waals surface area contributed by atoms with Crippen LogP contribution in [0, 0.1) is 23.6 Å². The van der Waals surface area contributed by atoms with E-state index in [0.29, 0.717) is 11.3 Å². The summed E-state index contributed by atoms with van der Waals surface area (Å²) in [5, 5.41) is 1.62. The van der Waals surface area contributed by atoms with Gasteiger partial charge in [-0.25, -0.2) is 4.39 Å². The number of rotatable bonds is 6. The van der Waals surface area contributed by atoms with Crippen molar-refractivity contribution >= 4 is 10.8 Å². The van der Waals surface area contributed by atoms with E-state index in [-0.39, 0.29) is 5.82 Å². The van der Waals surface area contributed by atoms with Gasteiger partial charge in [0.15, 0.2) is 0 Å². The molecule has 0 aromatic heterocycles. The molecule has 0 aliphatic heterocycles. The maximum Gasteiger partial charge on any atom is 0.134 e. The molecule has 3 aromatic carbocycles. The van der Waals surface area contributed by atoms with Gasteiger partial charge in [-0.15, -0.1) is 0 Å². The van der Waals surface area contributed by atoms with Crippen molar-refractivity contribution in [2.24, 2.45) is 5.92 Å². The van der Waals surface area contributed by atoms with E-state index in [2.05, 4.69) is 50.0 Å². The van der Waals surface area contributed by atoms with Gasteiger partial charge in [0.1, 0.15) is 5.82 Å². The maximum absolute atomic E-state index is 14.8. The number of hydrogen-bond donors (Lipinski definition) is 0. The summed E-state index contributed by atoms with van der Waals surface area (Å²) >= 11 is 0. The van der Waals surface area contributed by atoms with Crippen LogP contribution in [0.2, 0.25) is 0 Å². The lowest BCUT2D eigenvalue weighted by Crippen LogP contribution is -2.13. The Bertz CT molecular complexity index is 1090. The van der Waals surface area contributed by atoms with Crippen LogP contribution >= 0.6 is 0 Å². The Morgan fingerprint density at radius 2 is 1.53 bits per heavy atom. The fraction of sp³-hybridized carbons (Fsp3) is 0.419. The molecule has 166 valence electrons. The van der Waals surface area contributed by atoms with Crippen molar-refractivity contribution < 1.29 is 4.39 Å². The lowest BCUT2D eigenvalue weighted by Gasteiger charge is -2.28. The minimum absolute atomic E-state index is 0.0743. The second-order valence-electron chi connectivity index (χ2n) is 9.46. The van der Waals surface area contributed by atoms with Crippen LogP contribution in [0.4, 0.5) is 4.39 Å². The molecule has 0 radical (unpaired) electrons. The van der Waals surface area contributed by atoms with E-state index in [1.54, 1.807) is 0 Å². The summed E-state index contributed by atoms with van der Waals surface area (Å²) in [6, 6.07) is 18.6. The molecule has 0 bridgehead atoms. The molecule has 0 N–H and O–H groups in total.